The second kappa shape index (κ2) is 16.0. The Labute approximate surface area is 414 Å². The van der Waals surface area contributed by atoms with E-state index in [9.17, 15) is 0 Å². The van der Waals surface area contributed by atoms with Crippen LogP contribution in [0.2, 0.25) is 0 Å². The molecule has 336 valence electrons. The first kappa shape index (κ1) is 42.4. The van der Waals surface area contributed by atoms with E-state index < -0.39 is 0 Å². The number of thiophene rings is 2. The zero-order valence-corrected chi connectivity index (χ0v) is 42.3. The van der Waals surface area contributed by atoms with Crippen LogP contribution < -0.4 is 24.8 Å². The zero-order valence-electron chi connectivity index (χ0n) is 40.7. The largest absolute Gasteiger partial charge is 0.310 e. The van der Waals surface area contributed by atoms with Crippen LogP contribution in [0.5, 0.6) is 0 Å². The van der Waals surface area contributed by atoms with Crippen LogP contribution in [0.25, 0.3) is 63.6 Å². The van der Waals surface area contributed by atoms with Crippen molar-refractivity contribution in [1.82, 2.24) is 0 Å². The van der Waals surface area contributed by atoms with Crippen LogP contribution >= 0.6 is 22.7 Å². The van der Waals surface area contributed by atoms with Gasteiger partial charge in [-0.25, -0.2) is 0 Å². The van der Waals surface area contributed by atoms with E-state index in [0.29, 0.717) is 23.7 Å². The van der Waals surface area contributed by atoms with E-state index in [1.165, 1.54) is 135 Å². The molecule has 13 rings (SSSR count). The van der Waals surface area contributed by atoms with Crippen LogP contribution in [0.3, 0.4) is 0 Å². The molecule has 11 aromatic rings. The van der Waals surface area contributed by atoms with Crippen molar-refractivity contribution in [2.24, 2.45) is 0 Å². The van der Waals surface area contributed by atoms with Gasteiger partial charge in [-0.1, -0.05) is 152 Å². The van der Waals surface area contributed by atoms with E-state index in [-0.39, 0.29) is 6.71 Å². The van der Waals surface area contributed by atoms with Gasteiger partial charge in [-0.15, -0.1) is 22.7 Å². The minimum Gasteiger partial charge on any atom is -0.310 e. The fourth-order valence-electron chi connectivity index (χ4n) is 11.6. The van der Waals surface area contributed by atoms with Crippen molar-refractivity contribution in [1.29, 1.82) is 0 Å². The van der Waals surface area contributed by atoms with E-state index in [4.69, 9.17) is 0 Å². The summed E-state index contributed by atoms with van der Waals surface area (Å²) in [5, 5.41) is 10.5. The minimum absolute atomic E-state index is 0.0714. The molecule has 0 unspecified atom stereocenters. The number of rotatable bonds is 7. The summed E-state index contributed by atoms with van der Waals surface area (Å²) in [6, 6.07) is 63.6. The van der Waals surface area contributed by atoms with Crippen molar-refractivity contribution >= 4 is 131 Å². The highest BCUT2D eigenvalue weighted by molar-refractivity contribution is 7.40. The summed E-state index contributed by atoms with van der Waals surface area (Å²) in [7, 11) is 0. The Morgan fingerprint density at radius 1 is 0.362 bits per heavy atom. The van der Waals surface area contributed by atoms with Crippen LogP contribution in [-0.4, -0.2) is 6.71 Å². The highest BCUT2D eigenvalue weighted by Gasteiger charge is 2.47. The lowest BCUT2D eigenvalue weighted by Gasteiger charge is -2.42. The number of hydrogen-bond donors (Lipinski definition) is 0. The maximum atomic E-state index is 2.69. The lowest BCUT2D eigenvalue weighted by atomic mass is 9.39. The molecular weight excluding hydrogens is 872 g/mol. The average Bonchev–Trinajstić information content (AvgIpc) is 3.94. The fourth-order valence-corrected chi connectivity index (χ4v) is 14.3. The first-order chi connectivity index (χ1) is 33.5. The second-order valence-corrected chi connectivity index (χ2v) is 23.0. The number of fused-ring (bicyclic) bond motifs is 14. The Bertz CT molecular complexity index is 3850. The second-order valence-electron chi connectivity index (χ2n) is 20.8. The van der Waals surface area contributed by atoms with Crippen LogP contribution in [0.4, 0.5) is 34.1 Å². The molecule has 9 aromatic carbocycles. The van der Waals surface area contributed by atoms with Gasteiger partial charge in [-0.3, -0.25) is 0 Å². The molecule has 0 saturated heterocycles. The molecule has 2 aliphatic heterocycles. The van der Waals surface area contributed by atoms with E-state index in [0.717, 1.165) is 0 Å². The van der Waals surface area contributed by atoms with E-state index in [2.05, 4.69) is 229 Å². The van der Waals surface area contributed by atoms with Gasteiger partial charge >= 0.3 is 0 Å². The van der Waals surface area contributed by atoms with Crippen LogP contribution in [0.1, 0.15) is 101 Å². The molecule has 5 heteroatoms. The van der Waals surface area contributed by atoms with Crippen molar-refractivity contribution < 1.29 is 0 Å². The molecule has 0 aliphatic carbocycles. The van der Waals surface area contributed by atoms with Gasteiger partial charge in [0.05, 0.1) is 17.1 Å². The Hall–Kier alpha value is -6.66. The molecule has 0 spiro atoms. The third kappa shape index (κ3) is 6.43. The third-order valence-corrected chi connectivity index (χ3v) is 17.8. The molecule has 2 aromatic heterocycles. The van der Waals surface area contributed by atoms with Gasteiger partial charge in [0, 0.05) is 52.4 Å². The van der Waals surface area contributed by atoms with Crippen LogP contribution in [0, 0.1) is 0 Å². The Balaban J connectivity index is 1.13. The zero-order chi connectivity index (χ0) is 47.0. The summed E-state index contributed by atoms with van der Waals surface area (Å²) in [5.41, 5.74) is 16.9. The van der Waals surface area contributed by atoms with E-state index in [1.54, 1.807) is 0 Å². The van der Waals surface area contributed by atoms with E-state index >= 15 is 0 Å². The van der Waals surface area contributed by atoms with Crippen molar-refractivity contribution in [3.63, 3.8) is 0 Å². The standard InChI is InChI=1S/C64H55BN2S2/c1-36(2)40-20-26-45(27-21-40)66-56-18-13-19-57-60(56)65(63-61(66)53-33-42(38(5)6)24-30-58(53)68-63)64-62(54-34-43(39(7)8)25-31-59(54)69-64)67(57)55-29-23-41(37(3)4)32-51(55)44-22-28-50-48-16-10-9-14-46(48)47-15-11-12-17-49(47)52(50)35-44/h9-39H,1-8H3. The van der Waals surface area contributed by atoms with Gasteiger partial charge in [0.2, 0.25) is 0 Å². The lowest BCUT2D eigenvalue weighted by Crippen LogP contribution is -2.59. The summed E-state index contributed by atoms with van der Waals surface area (Å²) in [6.07, 6.45) is 0. The van der Waals surface area contributed by atoms with Crippen LogP contribution in [0.15, 0.2) is 164 Å². The summed E-state index contributed by atoms with van der Waals surface area (Å²) in [4.78, 5) is 5.30. The lowest BCUT2D eigenvalue weighted by molar-refractivity contribution is 0.866. The highest BCUT2D eigenvalue weighted by atomic mass is 32.1. The van der Waals surface area contributed by atoms with Gasteiger partial charge in [0.15, 0.2) is 0 Å². The predicted molar refractivity (Wildman–Crippen MR) is 306 cm³/mol. The molecule has 2 aliphatic rings. The average molecular weight is 927 g/mol. The molecule has 0 atom stereocenters. The van der Waals surface area contributed by atoms with Crippen LogP contribution in [-0.2, 0) is 0 Å². The van der Waals surface area contributed by atoms with Gasteiger partial charge in [0.25, 0.3) is 6.71 Å². The molecule has 4 heterocycles. The molecule has 0 N–H and O–H groups in total. The normalized spacial score (nSPS) is 13.4. The van der Waals surface area contributed by atoms with Crippen molar-refractivity contribution in [2.45, 2.75) is 79.1 Å². The molecule has 2 nitrogen and oxygen atoms in total. The number of anilines is 6. The summed E-state index contributed by atoms with van der Waals surface area (Å²) < 4.78 is 5.54. The first-order valence-corrected chi connectivity index (χ1v) is 26.6. The molecule has 0 fully saturated rings. The number of benzene rings is 9. The number of nitrogens with zero attached hydrogens (tertiary/aromatic N) is 2. The maximum absolute atomic E-state index is 2.69. The summed E-state index contributed by atoms with van der Waals surface area (Å²) in [6.45, 7) is 18.6. The molecule has 0 bridgehead atoms. The van der Waals surface area contributed by atoms with Gasteiger partial charge in [-0.2, -0.15) is 0 Å². The third-order valence-electron chi connectivity index (χ3n) is 15.4. The molecule has 0 amide bonds. The molecule has 0 radical (unpaired) electrons. The SMILES string of the molecule is CC(C)c1ccc(N2c3cccc4c3B(c3sc5ccc(C(C)C)cc5c32)c2sc3ccc(C(C)C)cc3c2N4c2ccc(C(C)C)cc2-c2ccc3c4ccccc4c4ccccc4c3c2)cc1. The minimum atomic E-state index is 0.0714. The highest BCUT2D eigenvalue weighted by Crippen LogP contribution is 2.53. The first-order valence-electron chi connectivity index (χ1n) is 25.0. The maximum Gasteiger partial charge on any atom is 0.277 e. The van der Waals surface area contributed by atoms with Crippen molar-refractivity contribution in [3.05, 3.63) is 186 Å². The molecular formula is C64H55BN2S2. The smallest absolute Gasteiger partial charge is 0.277 e. The fraction of sp³-hybridized carbons (Fsp3) is 0.188. The number of hydrogen-bond acceptors (Lipinski definition) is 4. The van der Waals surface area contributed by atoms with Gasteiger partial charge in [0.1, 0.15) is 0 Å². The Kier molecular flexibility index (Phi) is 9.81. The monoisotopic (exact) mass is 926 g/mol. The molecule has 0 saturated carbocycles. The van der Waals surface area contributed by atoms with Gasteiger partial charge in [-0.05, 0) is 156 Å². The quantitative estimate of drug-likeness (QED) is 0.116. The van der Waals surface area contributed by atoms with Crippen molar-refractivity contribution in [3.8, 4) is 11.1 Å². The Morgan fingerprint density at radius 2 is 0.826 bits per heavy atom. The topological polar surface area (TPSA) is 6.48 Å². The molecule has 69 heavy (non-hydrogen) atoms. The van der Waals surface area contributed by atoms with E-state index in [1.807, 2.05) is 22.7 Å². The summed E-state index contributed by atoms with van der Waals surface area (Å²) in [5.74, 6) is 1.65. The Morgan fingerprint density at radius 3 is 1.38 bits per heavy atom. The predicted octanol–water partition coefficient (Wildman–Crippen LogP) is 17.8. The summed E-state index contributed by atoms with van der Waals surface area (Å²) >= 11 is 4.00. The van der Waals surface area contributed by atoms with Gasteiger partial charge < -0.3 is 9.80 Å². The van der Waals surface area contributed by atoms with Crippen molar-refractivity contribution in [2.75, 3.05) is 9.80 Å².